The topological polar surface area (TPSA) is 79.0 Å². The Bertz CT molecular complexity index is 754. The summed E-state index contributed by atoms with van der Waals surface area (Å²) in [5.41, 5.74) is 2.33. The molecule has 1 aliphatic carbocycles. The number of anilines is 1. The highest BCUT2D eigenvalue weighted by atomic mass is 16.5. The number of hydrogen-bond acceptors (Lipinski definition) is 4. The molecular weight excluding hydrogens is 316 g/mol. The highest BCUT2D eigenvalue weighted by molar-refractivity contribution is 5.97. The van der Waals surface area contributed by atoms with Crippen LogP contribution in [0.2, 0.25) is 0 Å². The maximum atomic E-state index is 12.9. The van der Waals surface area contributed by atoms with E-state index in [2.05, 4.69) is 15.6 Å². The van der Waals surface area contributed by atoms with Crippen molar-refractivity contribution in [3.8, 4) is 0 Å². The van der Waals surface area contributed by atoms with Gasteiger partial charge in [-0.3, -0.25) is 4.79 Å². The Morgan fingerprint density at radius 1 is 1.36 bits per heavy atom. The molecular formula is C19H26N4O2. The first kappa shape index (κ1) is 16.5. The summed E-state index contributed by atoms with van der Waals surface area (Å²) in [7, 11) is 1.66. The first-order valence-electron chi connectivity index (χ1n) is 9.21. The summed E-state index contributed by atoms with van der Waals surface area (Å²) >= 11 is 0. The third kappa shape index (κ3) is 3.16. The van der Waals surface area contributed by atoms with Gasteiger partial charge >= 0.3 is 0 Å². The Morgan fingerprint density at radius 2 is 2.16 bits per heavy atom. The summed E-state index contributed by atoms with van der Waals surface area (Å²) in [5.74, 6) is 1.71. The molecule has 2 fully saturated rings. The van der Waals surface area contributed by atoms with Gasteiger partial charge in [-0.05, 0) is 57.0 Å². The molecule has 6 heteroatoms. The van der Waals surface area contributed by atoms with Crippen LogP contribution in [0.15, 0.2) is 18.2 Å². The van der Waals surface area contributed by atoms with Gasteiger partial charge in [-0.25, -0.2) is 4.98 Å². The Hall–Kier alpha value is -1.92. The van der Waals surface area contributed by atoms with Crippen molar-refractivity contribution in [2.24, 2.45) is 5.41 Å². The number of ether oxygens (including phenoxy) is 1. The Labute approximate surface area is 147 Å². The molecule has 6 nitrogen and oxygen atoms in total. The van der Waals surface area contributed by atoms with Gasteiger partial charge in [-0.2, -0.15) is 0 Å². The Balaban J connectivity index is 1.53. The average molecular weight is 342 g/mol. The molecule has 0 unspecified atom stereocenters. The van der Waals surface area contributed by atoms with Crippen LogP contribution in [0.4, 0.5) is 5.69 Å². The van der Waals surface area contributed by atoms with Gasteiger partial charge in [0.2, 0.25) is 5.91 Å². The minimum absolute atomic E-state index is 0.0499. The number of amides is 1. The molecule has 3 N–H and O–H groups in total. The van der Waals surface area contributed by atoms with E-state index < -0.39 is 5.41 Å². The number of hydrogen-bond donors (Lipinski definition) is 3. The van der Waals surface area contributed by atoms with Crippen LogP contribution >= 0.6 is 0 Å². The van der Waals surface area contributed by atoms with Crippen LogP contribution in [-0.2, 0) is 9.53 Å². The maximum Gasteiger partial charge on any atom is 0.233 e. The molecule has 0 atom stereocenters. The second-order valence-corrected chi connectivity index (χ2v) is 7.40. The molecule has 1 aromatic carbocycles. The number of piperidine rings is 1. The van der Waals surface area contributed by atoms with Crippen molar-refractivity contribution in [1.29, 1.82) is 0 Å². The minimum Gasteiger partial charge on any atom is -0.384 e. The summed E-state index contributed by atoms with van der Waals surface area (Å²) in [4.78, 5) is 21.1. The number of H-pyrrole nitrogens is 1. The minimum atomic E-state index is -0.444. The third-order valence-electron chi connectivity index (χ3n) is 5.71. The molecule has 1 aromatic heterocycles. The number of carbonyl (C=O) groups is 1. The predicted octanol–water partition coefficient (Wildman–Crippen LogP) is 2.79. The first-order valence-corrected chi connectivity index (χ1v) is 9.21. The molecule has 0 bridgehead atoms. The fraction of sp³-hybridized carbons (Fsp3) is 0.579. The quantitative estimate of drug-likeness (QED) is 0.781. The lowest BCUT2D eigenvalue weighted by molar-refractivity contribution is -0.130. The van der Waals surface area contributed by atoms with Gasteiger partial charge in [0, 0.05) is 18.7 Å². The van der Waals surface area contributed by atoms with Crippen LogP contribution in [-0.4, -0.2) is 42.7 Å². The number of fused-ring (bicyclic) bond motifs is 1. The van der Waals surface area contributed by atoms with Gasteiger partial charge in [0.05, 0.1) is 23.1 Å². The predicted molar refractivity (Wildman–Crippen MR) is 97.7 cm³/mol. The molecule has 1 saturated carbocycles. The molecule has 1 aliphatic heterocycles. The number of carbonyl (C=O) groups excluding carboxylic acids is 1. The number of aromatic nitrogens is 2. The number of nitrogens with one attached hydrogen (secondary N) is 3. The van der Waals surface area contributed by atoms with Crippen LogP contribution < -0.4 is 10.6 Å². The van der Waals surface area contributed by atoms with Gasteiger partial charge in [0.15, 0.2) is 0 Å². The second-order valence-electron chi connectivity index (χ2n) is 7.40. The molecule has 2 heterocycles. The molecule has 2 aliphatic rings. The summed E-state index contributed by atoms with van der Waals surface area (Å²) in [6.07, 6.45) is 5.32. The van der Waals surface area contributed by atoms with Gasteiger partial charge in [-0.15, -0.1) is 0 Å². The zero-order valence-electron chi connectivity index (χ0n) is 14.7. The summed E-state index contributed by atoms with van der Waals surface area (Å²) in [6, 6.07) is 5.91. The lowest BCUT2D eigenvalue weighted by Gasteiger charge is -2.35. The largest absolute Gasteiger partial charge is 0.384 e. The molecule has 4 rings (SSSR count). The van der Waals surface area contributed by atoms with E-state index in [1.54, 1.807) is 7.11 Å². The molecule has 134 valence electrons. The number of benzene rings is 1. The first-order chi connectivity index (χ1) is 12.2. The lowest BCUT2D eigenvalue weighted by atomic mass is 9.78. The average Bonchev–Trinajstić information content (AvgIpc) is 2.96. The van der Waals surface area contributed by atoms with Crippen molar-refractivity contribution in [1.82, 2.24) is 15.3 Å². The zero-order valence-corrected chi connectivity index (χ0v) is 14.7. The van der Waals surface area contributed by atoms with Crippen molar-refractivity contribution in [3.05, 3.63) is 24.0 Å². The number of methoxy groups -OCH3 is 1. The lowest BCUT2D eigenvalue weighted by Crippen LogP contribution is -2.47. The molecule has 1 amide bonds. The Kier molecular flexibility index (Phi) is 4.48. The number of aromatic amines is 1. The van der Waals surface area contributed by atoms with Gasteiger partial charge in [0.25, 0.3) is 0 Å². The van der Waals surface area contributed by atoms with E-state index in [9.17, 15) is 4.79 Å². The van der Waals surface area contributed by atoms with E-state index in [0.29, 0.717) is 12.5 Å². The van der Waals surface area contributed by atoms with E-state index in [1.807, 2.05) is 18.2 Å². The molecule has 0 radical (unpaired) electrons. The van der Waals surface area contributed by atoms with Crippen molar-refractivity contribution >= 4 is 22.6 Å². The SMILES string of the molecule is COCC1(C(=O)Nc2ccc3nc(C4CCC4)[nH]c3c2)CCNCC1. The van der Waals surface area contributed by atoms with E-state index in [0.717, 1.165) is 48.5 Å². The van der Waals surface area contributed by atoms with Crippen LogP contribution in [0.3, 0.4) is 0 Å². The van der Waals surface area contributed by atoms with Gasteiger partial charge in [-0.1, -0.05) is 6.42 Å². The van der Waals surface area contributed by atoms with Crippen molar-refractivity contribution < 1.29 is 9.53 Å². The molecule has 2 aromatic rings. The van der Waals surface area contributed by atoms with Crippen molar-refractivity contribution in [2.45, 2.75) is 38.0 Å². The Morgan fingerprint density at radius 3 is 2.84 bits per heavy atom. The second kappa shape index (κ2) is 6.77. The van der Waals surface area contributed by atoms with Crippen LogP contribution in [0, 0.1) is 5.41 Å². The normalized spacial score (nSPS) is 20.4. The summed E-state index contributed by atoms with van der Waals surface area (Å²) in [6.45, 7) is 2.15. The van der Waals surface area contributed by atoms with E-state index in [1.165, 1.54) is 19.3 Å². The fourth-order valence-electron chi connectivity index (χ4n) is 3.86. The third-order valence-corrected chi connectivity index (χ3v) is 5.71. The zero-order chi connectivity index (χ0) is 17.3. The molecule has 0 spiro atoms. The number of imidazole rings is 1. The summed E-state index contributed by atoms with van der Waals surface area (Å²) < 4.78 is 5.36. The van der Waals surface area contributed by atoms with Crippen LogP contribution in [0.5, 0.6) is 0 Å². The highest BCUT2D eigenvalue weighted by Gasteiger charge is 2.39. The number of rotatable bonds is 5. The molecule has 25 heavy (non-hydrogen) atoms. The summed E-state index contributed by atoms with van der Waals surface area (Å²) in [5, 5.41) is 6.42. The maximum absolute atomic E-state index is 12.9. The van der Waals surface area contributed by atoms with Crippen molar-refractivity contribution in [2.75, 3.05) is 32.1 Å². The van der Waals surface area contributed by atoms with Crippen molar-refractivity contribution in [3.63, 3.8) is 0 Å². The van der Waals surface area contributed by atoms with E-state index in [-0.39, 0.29) is 5.91 Å². The van der Waals surface area contributed by atoms with Gasteiger partial charge < -0.3 is 20.4 Å². The standard InChI is InChI=1S/C19H26N4O2/c1-25-12-19(7-9-20-10-8-19)18(24)21-14-5-6-15-16(11-14)23-17(22-15)13-3-2-4-13/h5-6,11,13,20H,2-4,7-10,12H2,1H3,(H,21,24)(H,22,23). The van der Waals surface area contributed by atoms with Gasteiger partial charge in [0.1, 0.15) is 5.82 Å². The monoisotopic (exact) mass is 342 g/mol. The fourth-order valence-corrected chi connectivity index (χ4v) is 3.86. The van der Waals surface area contributed by atoms with E-state index >= 15 is 0 Å². The number of nitrogens with zero attached hydrogens (tertiary/aromatic N) is 1. The highest BCUT2D eigenvalue weighted by Crippen LogP contribution is 2.36. The van der Waals surface area contributed by atoms with Crippen LogP contribution in [0.1, 0.15) is 43.8 Å². The van der Waals surface area contributed by atoms with E-state index in [4.69, 9.17) is 9.72 Å². The van der Waals surface area contributed by atoms with Crippen LogP contribution in [0.25, 0.3) is 11.0 Å². The molecule has 1 saturated heterocycles. The smallest absolute Gasteiger partial charge is 0.233 e.